The standard InChI is InChI=1S/C13H19N3O3/c1-4-15-12(17)8-16(2)13(18)10-7-9(14)5-6-11(10)19-3/h5-7H,4,8,14H2,1-3H3,(H,15,17). The zero-order valence-corrected chi connectivity index (χ0v) is 11.4. The third-order valence-corrected chi connectivity index (χ3v) is 2.56. The first-order valence-corrected chi connectivity index (χ1v) is 5.95. The highest BCUT2D eigenvalue weighted by atomic mass is 16.5. The summed E-state index contributed by atoms with van der Waals surface area (Å²) in [5.74, 6) is -0.0847. The van der Waals surface area contributed by atoms with E-state index in [0.717, 1.165) is 0 Å². The number of hydrogen-bond acceptors (Lipinski definition) is 4. The lowest BCUT2D eigenvalue weighted by Gasteiger charge is -2.18. The highest BCUT2D eigenvalue weighted by Crippen LogP contribution is 2.22. The van der Waals surface area contributed by atoms with Crippen LogP contribution >= 0.6 is 0 Å². The molecular weight excluding hydrogens is 246 g/mol. The number of nitrogens with two attached hydrogens (primary N) is 1. The van der Waals surface area contributed by atoms with E-state index in [9.17, 15) is 9.59 Å². The number of likely N-dealkylation sites (N-methyl/N-ethyl adjacent to an activating group) is 2. The summed E-state index contributed by atoms with van der Waals surface area (Å²) in [7, 11) is 3.03. The molecule has 0 fully saturated rings. The Balaban J connectivity index is 2.87. The van der Waals surface area contributed by atoms with E-state index in [1.54, 1.807) is 19.2 Å². The van der Waals surface area contributed by atoms with Gasteiger partial charge in [-0.05, 0) is 25.1 Å². The normalized spacial score (nSPS) is 9.84. The first kappa shape index (κ1) is 14.8. The van der Waals surface area contributed by atoms with Crippen LogP contribution in [0.25, 0.3) is 0 Å². The molecule has 0 unspecified atom stereocenters. The summed E-state index contributed by atoms with van der Waals surface area (Å²) in [6.45, 7) is 2.34. The number of carbonyl (C=O) groups is 2. The Morgan fingerprint density at radius 3 is 2.68 bits per heavy atom. The summed E-state index contributed by atoms with van der Waals surface area (Å²) in [5, 5.41) is 2.63. The third-order valence-electron chi connectivity index (χ3n) is 2.56. The summed E-state index contributed by atoms with van der Waals surface area (Å²) in [6.07, 6.45) is 0. The molecule has 2 amide bonds. The van der Waals surface area contributed by atoms with Crippen molar-refractivity contribution in [2.45, 2.75) is 6.92 Å². The molecule has 0 aliphatic carbocycles. The van der Waals surface area contributed by atoms with Crippen LogP contribution < -0.4 is 15.8 Å². The molecule has 1 aromatic rings. The molecule has 0 saturated carbocycles. The monoisotopic (exact) mass is 265 g/mol. The van der Waals surface area contributed by atoms with Crippen molar-refractivity contribution in [3.63, 3.8) is 0 Å². The average molecular weight is 265 g/mol. The fourth-order valence-corrected chi connectivity index (χ4v) is 1.64. The lowest BCUT2D eigenvalue weighted by atomic mass is 10.1. The van der Waals surface area contributed by atoms with E-state index in [1.807, 2.05) is 6.92 Å². The molecule has 0 radical (unpaired) electrons. The Labute approximate surface area is 112 Å². The fourth-order valence-electron chi connectivity index (χ4n) is 1.64. The number of rotatable bonds is 5. The second kappa shape index (κ2) is 6.63. The van der Waals surface area contributed by atoms with Crippen molar-refractivity contribution in [1.82, 2.24) is 10.2 Å². The van der Waals surface area contributed by atoms with Crippen molar-refractivity contribution < 1.29 is 14.3 Å². The predicted octanol–water partition coefficient (Wildman–Crippen LogP) is 0.486. The van der Waals surface area contributed by atoms with Gasteiger partial charge in [0.05, 0.1) is 19.2 Å². The Bertz CT molecular complexity index is 474. The molecule has 3 N–H and O–H groups in total. The Hall–Kier alpha value is -2.24. The molecule has 0 aliphatic rings. The fraction of sp³-hybridized carbons (Fsp3) is 0.385. The van der Waals surface area contributed by atoms with Crippen LogP contribution in [0.1, 0.15) is 17.3 Å². The van der Waals surface area contributed by atoms with Crippen molar-refractivity contribution >= 4 is 17.5 Å². The number of nitrogens with one attached hydrogen (secondary N) is 1. The summed E-state index contributed by atoms with van der Waals surface area (Å²) in [6, 6.07) is 4.82. The second-order valence-electron chi connectivity index (χ2n) is 4.07. The maximum Gasteiger partial charge on any atom is 0.257 e. The molecule has 6 nitrogen and oxygen atoms in total. The second-order valence-corrected chi connectivity index (χ2v) is 4.07. The molecule has 0 aromatic heterocycles. The molecule has 19 heavy (non-hydrogen) atoms. The SMILES string of the molecule is CCNC(=O)CN(C)C(=O)c1cc(N)ccc1OC. The summed E-state index contributed by atoms with van der Waals surface area (Å²) in [4.78, 5) is 25.0. The lowest BCUT2D eigenvalue weighted by molar-refractivity contribution is -0.121. The van der Waals surface area contributed by atoms with Crippen LogP contribution in [0.5, 0.6) is 5.75 Å². The van der Waals surface area contributed by atoms with Gasteiger partial charge in [-0.2, -0.15) is 0 Å². The highest BCUT2D eigenvalue weighted by Gasteiger charge is 2.18. The van der Waals surface area contributed by atoms with Gasteiger partial charge in [-0.15, -0.1) is 0 Å². The number of methoxy groups -OCH3 is 1. The largest absolute Gasteiger partial charge is 0.496 e. The van der Waals surface area contributed by atoms with Crippen LogP contribution in [0.2, 0.25) is 0 Å². The third kappa shape index (κ3) is 3.87. The van der Waals surface area contributed by atoms with E-state index in [-0.39, 0.29) is 18.4 Å². The van der Waals surface area contributed by atoms with Gasteiger partial charge in [-0.3, -0.25) is 9.59 Å². The number of anilines is 1. The minimum absolute atomic E-state index is 0.00930. The Morgan fingerprint density at radius 2 is 2.11 bits per heavy atom. The highest BCUT2D eigenvalue weighted by molar-refractivity contribution is 5.99. The number of hydrogen-bond donors (Lipinski definition) is 2. The minimum Gasteiger partial charge on any atom is -0.496 e. The summed E-state index contributed by atoms with van der Waals surface area (Å²) in [5.41, 5.74) is 6.47. The maximum absolute atomic E-state index is 12.2. The molecule has 1 rings (SSSR count). The number of carbonyl (C=O) groups excluding carboxylic acids is 2. The van der Waals surface area contributed by atoms with E-state index in [2.05, 4.69) is 5.32 Å². The topological polar surface area (TPSA) is 84.7 Å². The zero-order valence-electron chi connectivity index (χ0n) is 11.4. The molecule has 0 aliphatic heterocycles. The summed E-state index contributed by atoms with van der Waals surface area (Å²) >= 11 is 0. The number of ether oxygens (including phenoxy) is 1. The molecule has 0 spiro atoms. The molecule has 0 bridgehead atoms. The van der Waals surface area contributed by atoms with Gasteiger partial charge in [0.15, 0.2) is 0 Å². The number of amides is 2. The van der Waals surface area contributed by atoms with Crippen LogP contribution in [0, 0.1) is 0 Å². The van der Waals surface area contributed by atoms with Crippen LogP contribution in [0.15, 0.2) is 18.2 Å². The van der Waals surface area contributed by atoms with Gasteiger partial charge in [0.2, 0.25) is 5.91 Å². The van der Waals surface area contributed by atoms with Crippen LogP contribution in [-0.2, 0) is 4.79 Å². The van der Waals surface area contributed by atoms with Gasteiger partial charge in [-0.1, -0.05) is 0 Å². The smallest absolute Gasteiger partial charge is 0.257 e. The van der Waals surface area contributed by atoms with Crippen LogP contribution in [0.4, 0.5) is 5.69 Å². The van der Waals surface area contributed by atoms with Gasteiger partial charge >= 0.3 is 0 Å². The van der Waals surface area contributed by atoms with Gasteiger partial charge < -0.3 is 20.7 Å². The maximum atomic E-state index is 12.2. The molecule has 0 atom stereocenters. The number of nitrogen functional groups attached to an aromatic ring is 1. The molecule has 1 aromatic carbocycles. The van der Waals surface area contributed by atoms with Gasteiger partial charge in [0.1, 0.15) is 5.75 Å². The molecule has 0 heterocycles. The van der Waals surface area contributed by atoms with Crippen LogP contribution in [-0.4, -0.2) is 44.0 Å². The van der Waals surface area contributed by atoms with Crippen LogP contribution in [0.3, 0.4) is 0 Å². The minimum atomic E-state index is -0.310. The van der Waals surface area contributed by atoms with Gasteiger partial charge in [-0.25, -0.2) is 0 Å². The number of nitrogens with zero attached hydrogens (tertiary/aromatic N) is 1. The number of benzene rings is 1. The van der Waals surface area contributed by atoms with Crippen molar-refractivity contribution in [3.8, 4) is 5.75 Å². The Kier molecular flexibility index (Phi) is 5.17. The predicted molar refractivity (Wildman–Crippen MR) is 73.1 cm³/mol. The van der Waals surface area contributed by atoms with E-state index < -0.39 is 0 Å². The molecular formula is C13H19N3O3. The molecule has 104 valence electrons. The first-order valence-electron chi connectivity index (χ1n) is 5.95. The summed E-state index contributed by atoms with van der Waals surface area (Å²) < 4.78 is 5.12. The van der Waals surface area contributed by atoms with E-state index in [0.29, 0.717) is 23.5 Å². The molecule has 0 saturated heterocycles. The van der Waals surface area contributed by atoms with Crippen molar-refractivity contribution in [2.75, 3.05) is 33.0 Å². The van der Waals surface area contributed by atoms with Crippen molar-refractivity contribution in [1.29, 1.82) is 0 Å². The van der Waals surface area contributed by atoms with E-state index in [4.69, 9.17) is 10.5 Å². The average Bonchev–Trinajstić information content (AvgIpc) is 2.37. The van der Waals surface area contributed by atoms with Gasteiger partial charge in [0, 0.05) is 19.3 Å². The first-order chi connectivity index (χ1) is 8.99. The van der Waals surface area contributed by atoms with E-state index >= 15 is 0 Å². The van der Waals surface area contributed by atoms with E-state index in [1.165, 1.54) is 18.1 Å². The quantitative estimate of drug-likeness (QED) is 0.759. The van der Waals surface area contributed by atoms with Gasteiger partial charge in [0.25, 0.3) is 5.91 Å². The Morgan fingerprint density at radius 1 is 1.42 bits per heavy atom. The molecule has 6 heteroatoms. The van der Waals surface area contributed by atoms with Crippen molar-refractivity contribution in [3.05, 3.63) is 23.8 Å². The lowest BCUT2D eigenvalue weighted by Crippen LogP contribution is -2.38. The van der Waals surface area contributed by atoms with Crippen molar-refractivity contribution in [2.24, 2.45) is 0 Å². The zero-order chi connectivity index (χ0) is 14.4.